The topological polar surface area (TPSA) is 24.5 Å². The molecule has 3 nitrogen and oxygen atoms in total. The summed E-state index contributed by atoms with van der Waals surface area (Å²) >= 11 is 0. The van der Waals surface area contributed by atoms with E-state index in [-0.39, 0.29) is 0 Å². The molecule has 0 bridgehead atoms. The lowest BCUT2D eigenvalue weighted by atomic mass is 10.1. The third-order valence-corrected chi connectivity index (χ3v) is 4.62. The van der Waals surface area contributed by atoms with Gasteiger partial charge in [0.1, 0.15) is 5.75 Å². The van der Waals surface area contributed by atoms with Crippen LogP contribution in [0.15, 0.2) is 24.3 Å². The van der Waals surface area contributed by atoms with Crippen molar-refractivity contribution in [3.8, 4) is 5.75 Å². The molecule has 1 aromatic carbocycles. The lowest BCUT2D eigenvalue weighted by molar-refractivity contribution is 0.224. The Balaban J connectivity index is 1.69. The maximum atomic E-state index is 5.38. The van der Waals surface area contributed by atoms with Crippen molar-refractivity contribution in [3.63, 3.8) is 0 Å². The first-order valence-corrected chi connectivity index (χ1v) is 8.41. The van der Waals surface area contributed by atoms with Gasteiger partial charge in [0.15, 0.2) is 0 Å². The van der Waals surface area contributed by atoms with E-state index in [9.17, 15) is 0 Å². The minimum Gasteiger partial charge on any atom is -0.497 e. The van der Waals surface area contributed by atoms with E-state index in [1.807, 2.05) is 6.07 Å². The van der Waals surface area contributed by atoms with E-state index >= 15 is 0 Å². The molecule has 2 aliphatic carbocycles. The van der Waals surface area contributed by atoms with Gasteiger partial charge in [0, 0.05) is 25.2 Å². The number of benzene rings is 1. The average Bonchev–Trinajstić information content (AvgIpc) is 3.38. The standard InChI is InChI=1S/C18H28N2O/c1-3-19-18(15-5-4-6-17(11-15)21-2)13-20(16-9-10-16)12-14-7-8-14/h4-6,11,14,16,18-19H,3,7-10,12-13H2,1-2H3. The van der Waals surface area contributed by atoms with Crippen LogP contribution in [0.1, 0.15) is 44.2 Å². The van der Waals surface area contributed by atoms with Crippen molar-refractivity contribution < 1.29 is 4.74 Å². The Morgan fingerprint density at radius 1 is 1.29 bits per heavy atom. The van der Waals surface area contributed by atoms with Crippen molar-refractivity contribution in [1.82, 2.24) is 10.2 Å². The Bertz CT molecular complexity index is 454. The molecular formula is C18H28N2O. The van der Waals surface area contributed by atoms with E-state index in [0.29, 0.717) is 6.04 Å². The van der Waals surface area contributed by atoms with Crippen LogP contribution >= 0.6 is 0 Å². The maximum absolute atomic E-state index is 5.38. The molecule has 1 unspecified atom stereocenters. The number of methoxy groups -OCH3 is 1. The summed E-state index contributed by atoms with van der Waals surface area (Å²) in [6.07, 6.45) is 5.66. The smallest absolute Gasteiger partial charge is 0.119 e. The van der Waals surface area contributed by atoms with Crippen molar-refractivity contribution in [1.29, 1.82) is 0 Å². The van der Waals surface area contributed by atoms with Crippen LogP contribution < -0.4 is 10.1 Å². The molecule has 2 saturated carbocycles. The summed E-state index contributed by atoms with van der Waals surface area (Å²) in [6.45, 7) is 5.62. The van der Waals surface area contributed by atoms with Gasteiger partial charge in [-0.3, -0.25) is 4.90 Å². The van der Waals surface area contributed by atoms with Gasteiger partial charge in [0.25, 0.3) is 0 Å². The summed E-state index contributed by atoms with van der Waals surface area (Å²) in [5, 5.41) is 3.66. The predicted molar refractivity (Wildman–Crippen MR) is 86.7 cm³/mol. The molecular weight excluding hydrogens is 260 g/mol. The zero-order chi connectivity index (χ0) is 14.7. The number of likely N-dealkylation sites (N-methyl/N-ethyl adjacent to an activating group) is 1. The molecule has 1 aromatic rings. The fraction of sp³-hybridized carbons (Fsp3) is 0.667. The Kier molecular flexibility index (Phi) is 4.81. The van der Waals surface area contributed by atoms with E-state index in [1.54, 1.807) is 7.11 Å². The Morgan fingerprint density at radius 2 is 2.10 bits per heavy atom. The number of hydrogen-bond donors (Lipinski definition) is 1. The molecule has 116 valence electrons. The molecule has 0 aliphatic heterocycles. The van der Waals surface area contributed by atoms with Crippen LogP contribution in [-0.2, 0) is 0 Å². The van der Waals surface area contributed by atoms with Gasteiger partial charge in [-0.05, 0) is 55.8 Å². The highest BCUT2D eigenvalue weighted by Gasteiger charge is 2.34. The van der Waals surface area contributed by atoms with Gasteiger partial charge in [-0.1, -0.05) is 19.1 Å². The SMILES string of the molecule is CCNC(CN(CC1CC1)C1CC1)c1cccc(OC)c1. The second-order valence-electron chi connectivity index (χ2n) is 6.52. The highest BCUT2D eigenvalue weighted by Crippen LogP contribution is 2.36. The lowest BCUT2D eigenvalue weighted by Gasteiger charge is -2.28. The highest BCUT2D eigenvalue weighted by atomic mass is 16.5. The van der Waals surface area contributed by atoms with Crippen LogP contribution in [0.4, 0.5) is 0 Å². The summed E-state index contributed by atoms with van der Waals surface area (Å²) in [6, 6.07) is 9.77. The summed E-state index contributed by atoms with van der Waals surface area (Å²) in [5.41, 5.74) is 1.35. The average molecular weight is 288 g/mol. The fourth-order valence-electron chi connectivity index (χ4n) is 3.07. The van der Waals surface area contributed by atoms with Crippen molar-refractivity contribution in [3.05, 3.63) is 29.8 Å². The molecule has 21 heavy (non-hydrogen) atoms. The van der Waals surface area contributed by atoms with E-state index < -0.39 is 0 Å². The van der Waals surface area contributed by atoms with Crippen LogP contribution in [0.25, 0.3) is 0 Å². The summed E-state index contributed by atoms with van der Waals surface area (Å²) < 4.78 is 5.38. The summed E-state index contributed by atoms with van der Waals surface area (Å²) in [5.74, 6) is 1.92. The molecule has 3 heteroatoms. The zero-order valence-corrected chi connectivity index (χ0v) is 13.3. The zero-order valence-electron chi connectivity index (χ0n) is 13.3. The molecule has 2 fully saturated rings. The molecule has 0 spiro atoms. The minimum atomic E-state index is 0.407. The third-order valence-electron chi connectivity index (χ3n) is 4.62. The van der Waals surface area contributed by atoms with Gasteiger partial charge in [-0.25, -0.2) is 0 Å². The molecule has 1 atom stereocenters. The van der Waals surface area contributed by atoms with Crippen molar-refractivity contribution >= 4 is 0 Å². The largest absolute Gasteiger partial charge is 0.497 e. The second-order valence-corrected chi connectivity index (χ2v) is 6.52. The maximum Gasteiger partial charge on any atom is 0.119 e. The van der Waals surface area contributed by atoms with Crippen molar-refractivity contribution in [2.75, 3.05) is 26.7 Å². The Morgan fingerprint density at radius 3 is 2.71 bits per heavy atom. The van der Waals surface area contributed by atoms with Crippen LogP contribution in [-0.4, -0.2) is 37.7 Å². The van der Waals surface area contributed by atoms with Crippen LogP contribution in [0, 0.1) is 5.92 Å². The number of nitrogens with one attached hydrogen (secondary N) is 1. The van der Waals surface area contributed by atoms with Gasteiger partial charge >= 0.3 is 0 Å². The molecule has 2 aliphatic rings. The first kappa shape index (κ1) is 14.9. The number of rotatable bonds is 9. The van der Waals surface area contributed by atoms with Crippen LogP contribution in [0.5, 0.6) is 5.75 Å². The summed E-state index contributed by atoms with van der Waals surface area (Å²) in [4.78, 5) is 2.73. The monoisotopic (exact) mass is 288 g/mol. The van der Waals surface area contributed by atoms with Gasteiger partial charge < -0.3 is 10.1 Å². The second kappa shape index (κ2) is 6.80. The molecule has 0 saturated heterocycles. The third kappa shape index (κ3) is 4.21. The minimum absolute atomic E-state index is 0.407. The fourth-order valence-corrected chi connectivity index (χ4v) is 3.07. The normalized spacial score (nSPS) is 19.8. The quantitative estimate of drug-likeness (QED) is 0.755. The van der Waals surface area contributed by atoms with Gasteiger partial charge in [-0.2, -0.15) is 0 Å². The molecule has 0 heterocycles. The van der Waals surface area contributed by atoms with Crippen LogP contribution in [0.3, 0.4) is 0 Å². The van der Waals surface area contributed by atoms with Gasteiger partial charge in [-0.15, -0.1) is 0 Å². The highest BCUT2D eigenvalue weighted by molar-refractivity contribution is 5.30. The molecule has 1 N–H and O–H groups in total. The van der Waals surface area contributed by atoms with Crippen molar-refractivity contribution in [2.24, 2.45) is 5.92 Å². The van der Waals surface area contributed by atoms with E-state index in [2.05, 4.69) is 35.3 Å². The van der Waals surface area contributed by atoms with Gasteiger partial charge in [0.2, 0.25) is 0 Å². The molecule has 0 aromatic heterocycles. The molecule has 3 rings (SSSR count). The van der Waals surface area contributed by atoms with E-state index in [4.69, 9.17) is 4.74 Å². The van der Waals surface area contributed by atoms with Crippen molar-refractivity contribution in [2.45, 2.75) is 44.7 Å². The predicted octanol–water partition coefficient (Wildman–Crippen LogP) is 3.22. The number of ether oxygens (including phenoxy) is 1. The number of hydrogen-bond acceptors (Lipinski definition) is 3. The Labute approximate surface area is 128 Å². The van der Waals surface area contributed by atoms with E-state index in [1.165, 1.54) is 37.8 Å². The first-order chi connectivity index (χ1) is 10.3. The lowest BCUT2D eigenvalue weighted by Crippen LogP contribution is -2.37. The van der Waals surface area contributed by atoms with Crippen LogP contribution in [0.2, 0.25) is 0 Å². The van der Waals surface area contributed by atoms with E-state index in [0.717, 1.165) is 30.8 Å². The molecule has 0 amide bonds. The summed E-state index contributed by atoms with van der Waals surface area (Å²) in [7, 11) is 1.74. The first-order valence-electron chi connectivity index (χ1n) is 8.41. The number of nitrogens with zero attached hydrogens (tertiary/aromatic N) is 1. The van der Waals surface area contributed by atoms with Gasteiger partial charge in [0.05, 0.1) is 7.11 Å². The molecule has 0 radical (unpaired) electrons. The Hall–Kier alpha value is -1.06.